The van der Waals surface area contributed by atoms with Crippen LogP contribution in [0, 0.1) is 10.5 Å². The monoisotopic (exact) mass is 574 g/mol. The average molecular weight is 574 g/mol. The number of amides is 1. The van der Waals surface area contributed by atoms with Crippen molar-refractivity contribution < 1.29 is 14.3 Å². The summed E-state index contributed by atoms with van der Waals surface area (Å²) in [6.07, 6.45) is 3.57. The number of pyridine rings is 1. The van der Waals surface area contributed by atoms with Gasteiger partial charge in [-0.25, -0.2) is 0 Å². The first kappa shape index (κ1) is 22.8. The molecule has 0 atom stereocenters. The molecule has 8 heteroatoms. The number of anilines is 1. The molecule has 162 valence electrons. The Morgan fingerprint density at radius 3 is 2.69 bits per heavy atom. The number of halogens is 1. The van der Waals surface area contributed by atoms with E-state index in [2.05, 4.69) is 27.6 Å². The first-order valence-corrected chi connectivity index (χ1v) is 12.0. The second-order valence-electron chi connectivity index (χ2n) is 6.95. The van der Waals surface area contributed by atoms with Crippen LogP contribution >= 0.6 is 46.6 Å². The molecule has 1 aliphatic heterocycles. The number of nitrogens with zero attached hydrogens (tertiary/aromatic N) is 2. The summed E-state index contributed by atoms with van der Waals surface area (Å²) in [4.78, 5) is 19.6. The number of carbonyl (C=O) groups is 1. The Morgan fingerprint density at radius 1 is 1.19 bits per heavy atom. The molecule has 0 spiro atoms. The highest BCUT2D eigenvalue weighted by Gasteiger charge is 2.34. The summed E-state index contributed by atoms with van der Waals surface area (Å²) in [7, 11) is 1.60. The maximum atomic E-state index is 13.1. The summed E-state index contributed by atoms with van der Waals surface area (Å²) < 4.78 is 12.9. The Kier molecular flexibility index (Phi) is 7.12. The van der Waals surface area contributed by atoms with Crippen molar-refractivity contribution in [2.75, 3.05) is 12.0 Å². The molecular formula is C24H19IN2O3S2. The summed E-state index contributed by atoms with van der Waals surface area (Å²) in [5.74, 6) is 1.11. The molecule has 1 saturated heterocycles. The van der Waals surface area contributed by atoms with E-state index in [1.54, 1.807) is 18.2 Å². The first-order chi connectivity index (χ1) is 15.5. The molecule has 0 unspecified atom stereocenters. The maximum Gasteiger partial charge on any atom is 0.270 e. The Bertz CT molecular complexity index is 1220. The van der Waals surface area contributed by atoms with Crippen LogP contribution in [0.2, 0.25) is 0 Å². The fraction of sp³-hybridized carbons (Fsp3) is 0.125. The average Bonchev–Trinajstić information content (AvgIpc) is 3.06. The van der Waals surface area contributed by atoms with Crippen molar-refractivity contribution in [3.8, 4) is 11.5 Å². The maximum absolute atomic E-state index is 13.1. The lowest BCUT2D eigenvalue weighted by Crippen LogP contribution is -2.28. The highest BCUT2D eigenvalue weighted by molar-refractivity contribution is 14.1. The molecule has 2 aromatic carbocycles. The quantitative estimate of drug-likeness (QED) is 0.205. The fourth-order valence-electron chi connectivity index (χ4n) is 3.23. The molecule has 5 nitrogen and oxygen atoms in total. The number of para-hydroxylation sites is 1. The van der Waals surface area contributed by atoms with Crippen molar-refractivity contribution in [1.29, 1.82) is 0 Å². The molecule has 0 N–H and O–H groups in total. The minimum Gasteiger partial charge on any atom is -0.493 e. The van der Waals surface area contributed by atoms with Gasteiger partial charge in [0, 0.05) is 6.20 Å². The Balaban J connectivity index is 1.60. The summed E-state index contributed by atoms with van der Waals surface area (Å²) in [6, 6.07) is 17.2. The first-order valence-electron chi connectivity index (χ1n) is 9.71. The van der Waals surface area contributed by atoms with Crippen molar-refractivity contribution in [2.24, 2.45) is 0 Å². The van der Waals surface area contributed by atoms with Gasteiger partial charge in [0.1, 0.15) is 6.61 Å². The van der Waals surface area contributed by atoms with Crippen molar-refractivity contribution in [3.63, 3.8) is 0 Å². The minimum atomic E-state index is -0.126. The molecule has 3 aromatic rings. The zero-order valence-corrected chi connectivity index (χ0v) is 21.2. The third kappa shape index (κ3) is 4.82. The molecule has 1 aliphatic rings. The van der Waals surface area contributed by atoms with E-state index in [-0.39, 0.29) is 5.91 Å². The van der Waals surface area contributed by atoms with Crippen LogP contribution in [0.3, 0.4) is 0 Å². The van der Waals surface area contributed by atoms with E-state index in [9.17, 15) is 4.79 Å². The summed E-state index contributed by atoms with van der Waals surface area (Å²) >= 11 is 9.01. The van der Waals surface area contributed by atoms with E-state index >= 15 is 0 Å². The SMILES string of the molecule is COc1cc(/C=C2/SC(=S)N(c3ccccc3C)C2=O)cc(I)c1OCc1ccccn1. The zero-order valence-electron chi connectivity index (χ0n) is 17.4. The lowest BCUT2D eigenvalue weighted by Gasteiger charge is -2.16. The second kappa shape index (κ2) is 10.0. The number of methoxy groups -OCH3 is 1. The summed E-state index contributed by atoms with van der Waals surface area (Å²) in [6.45, 7) is 2.30. The molecule has 0 saturated carbocycles. The molecule has 2 heterocycles. The van der Waals surface area contributed by atoms with Crippen molar-refractivity contribution in [3.05, 3.63) is 86.1 Å². The number of aromatic nitrogens is 1. The third-order valence-corrected chi connectivity index (χ3v) is 6.89. The van der Waals surface area contributed by atoms with E-state index in [0.29, 0.717) is 27.3 Å². The highest BCUT2D eigenvalue weighted by Crippen LogP contribution is 2.39. The van der Waals surface area contributed by atoms with Crippen LogP contribution in [0.4, 0.5) is 5.69 Å². The van der Waals surface area contributed by atoms with Gasteiger partial charge in [-0.1, -0.05) is 48.2 Å². The van der Waals surface area contributed by atoms with Gasteiger partial charge in [-0.05, 0) is 77.0 Å². The fourth-order valence-corrected chi connectivity index (χ4v) is 5.30. The van der Waals surface area contributed by atoms with E-state index in [1.807, 2.05) is 67.6 Å². The predicted molar refractivity (Wildman–Crippen MR) is 141 cm³/mol. The number of hydrogen-bond donors (Lipinski definition) is 0. The smallest absolute Gasteiger partial charge is 0.270 e. The molecular weight excluding hydrogens is 555 g/mol. The van der Waals surface area contributed by atoms with Gasteiger partial charge in [0.15, 0.2) is 15.8 Å². The van der Waals surface area contributed by atoms with Gasteiger partial charge in [0.25, 0.3) is 5.91 Å². The van der Waals surface area contributed by atoms with Crippen LogP contribution in [0.25, 0.3) is 6.08 Å². The van der Waals surface area contributed by atoms with Gasteiger partial charge in [0.2, 0.25) is 0 Å². The van der Waals surface area contributed by atoms with Gasteiger partial charge < -0.3 is 9.47 Å². The van der Waals surface area contributed by atoms with Crippen LogP contribution < -0.4 is 14.4 Å². The zero-order chi connectivity index (χ0) is 22.7. The number of rotatable bonds is 6. The third-order valence-electron chi connectivity index (χ3n) is 4.79. The number of thioether (sulfide) groups is 1. The molecule has 4 rings (SSSR count). The number of ether oxygens (including phenoxy) is 2. The van der Waals surface area contributed by atoms with Crippen LogP contribution in [0.15, 0.2) is 65.7 Å². The molecule has 32 heavy (non-hydrogen) atoms. The number of benzene rings is 2. The van der Waals surface area contributed by atoms with Gasteiger partial charge in [-0.15, -0.1) is 0 Å². The normalized spacial score (nSPS) is 14.8. The number of carbonyl (C=O) groups excluding carboxylic acids is 1. The lowest BCUT2D eigenvalue weighted by molar-refractivity contribution is -0.113. The molecule has 1 amide bonds. The largest absolute Gasteiger partial charge is 0.493 e. The van der Waals surface area contributed by atoms with Crippen LogP contribution in [-0.4, -0.2) is 22.3 Å². The highest BCUT2D eigenvalue weighted by atomic mass is 127. The number of aryl methyl sites for hydroxylation is 1. The lowest BCUT2D eigenvalue weighted by atomic mass is 10.1. The molecule has 1 aromatic heterocycles. The number of thiocarbonyl (C=S) groups is 1. The predicted octanol–water partition coefficient (Wildman–Crippen LogP) is 5.99. The van der Waals surface area contributed by atoms with E-state index < -0.39 is 0 Å². The van der Waals surface area contributed by atoms with E-state index in [4.69, 9.17) is 21.7 Å². The van der Waals surface area contributed by atoms with Crippen molar-refractivity contribution in [1.82, 2.24) is 4.98 Å². The molecule has 1 fully saturated rings. The van der Waals surface area contributed by atoms with Gasteiger partial charge in [0.05, 0.1) is 27.0 Å². The second-order valence-corrected chi connectivity index (χ2v) is 9.79. The number of hydrogen-bond acceptors (Lipinski definition) is 6. The molecule has 0 aliphatic carbocycles. The van der Waals surface area contributed by atoms with Gasteiger partial charge >= 0.3 is 0 Å². The standard InChI is InChI=1S/C24H19IN2O3S2/c1-15-7-3-4-9-19(15)27-23(28)21(32-24(27)31)13-16-11-18(25)22(20(12-16)29-2)30-14-17-8-5-6-10-26-17/h3-13H,14H2,1-2H3/b21-13+. The molecule has 0 radical (unpaired) electrons. The van der Waals surface area contributed by atoms with Crippen molar-refractivity contribution in [2.45, 2.75) is 13.5 Å². The Morgan fingerprint density at radius 2 is 1.97 bits per heavy atom. The molecule has 0 bridgehead atoms. The summed E-state index contributed by atoms with van der Waals surface area (Å²) in [5.41, 5.74) is 3.47. The topological polar surface area (TPSA) is 51.7 Å². The Hall–Kier alpha value is -2.43. The Labute approximate surface area is 210 Å². The van der Waals surface area contributed by atoms with Crippen LogP contribution in [-0.2, 0) is 11.4 Å². The van der Waals surface area contributed by atoms with Crippen molar-refractivity contribution >= 4 is 68.6 Å². The van der Waals surface area contributed by atoms with E-state index in [0.717, 1.165) is 26.1 Å². The van der Waals surface area contributed by atoms with Crippen LogP contribution in [0.5, 0.6) is 11.5 Å². The van der Waals surface area contributed by atoms with Crippen LogP contribution in [0.1, 0.15) is 16.8 Å². The summed E-state index contributed by atoms with van der Waals surface area (Å²) in [5, 5.41) is 0. The van der Waals surface area contributed by atoms with Gasteiger partial charge in [-0.3, -0.25) is 14.7 Å². The minimum absolute atomic E-state index is 0.126. The van der Waals surface area contributed by atoms with Gasteiger partial charge in [-0.2, -0.15) is 0 Å². The van der Waals surface area contributed by atoms with E-state index in [1.165, 1.54) is 11.8 Å².